The zero-order valence-electron chi connectivity index (χ0n) is 14.3. The van der Waals surface area contributed by atoms with Crippen LogP contribution >= 0.6 is 0 Å². The van der Waals surface area contributed by atoms with Gasteiger partial charge >= 0.3 is 0 Å². The summed E-state index contributed by atoms with van der Waals surface area (Å²) in [6.45, 7) is 0.718. The zero-order valence-corrected chi connectivity index (χ0v) is 14.3. The van der Waals surface area contributed by atoms with Crippen LogP contribution in [-0.4, -0.2) is 32.1 Å². The molecular weight excluding hydrogens is 316 g/mol. The molecule has 0 aromatic heterocycles. The highest BCUT2D eigenvalue weighted by atomic mass is 16.5. The molecule has 0 radical (unpaired) electrons. The molecule has 1 heterocycles. The molecule has 2 aromatic rings. The van der Waals surface area contributed by atoms with Crippen LogP contribution in [0.3, 0.4) is 0 Å². The minimum absolute atomic E-state index is 0.0310. The third kappa shape index (κ3) is 4.25. The Kier molecular flexibility index (Phi) is 5.46. The van der Waals surface area contributed by atoms with Gasteiger partial charge in [0, 0.05) is 31.5 Å². The minimum atomic E-state index is -0.0613. The number of benzene rings is 2. The summed E-state index contributed by atoms with van der Waals surface area (Å²) in [5, 5.41) is 2.93. The first-order valence-corrected chi connectivity index (χ1v) is 8.43. The van der Waals surface area contributed by atoms with Crippen molar-refractivity contribution in [3.8, 4) is 0 Å². The van der Waals surface area contributed by atoms with Crippen LogP contribution in [0.25, 0.3) is 0 Å². The lowest BCUT2D eigenvalue weighted by atomic mass is 10.1. The van der Waals surface area contributed by atoms with E-state index < -0.39 is 0 Å². The lowest BCUT2D eigenvalue weighted by Gasteiger charge is -2.17. The van der Waals surface area contributed by atoms with Gasteiger partial charge in [-0.3, -0.25) is 9.59 Å². The Morgan fingerprint density at radius 3 is 2.72 bits per heavy atom. The Morgan fingerprint density at radius 1 is 1.16 bits per heavy atom. The summed E-state index contributed by atoms with van der Waals surface area (Å²) in [7, 11) is 1.51. The second-order valence-electron chi connectivity index (χ2n) is 6.11. The molecule has 5 nitrogen and oxygen atoms in total. The number of nitrogens with one attached hydrogen (secondary N) is 1. The van der Waals surface area contributed by atoms with Crippen molar-refractivity contribution < 1.29 is 14.3 Å². The standard InChI is InChI=1S/C20H22N2O3/c1-25-14-20(24)22-12-11-16-8-9-17(13-18(16)22)21-19(23)10-7-15-5-3-2-4-6-15/h2-6,8-9,13H,7,10-12,14H2,1H3,(H,21,23). The van der Waals surface area contributed by atoms with E-state index in [1.54, 1.807) is 4.90 Å². The van der Waals surface area contributed by atoms with E-state index >= 15 is 0 Å². The minimum Gasteiger partial charge on any atom is -0.375 e. The smallest absolute Gasteiger partial charge is 0.252 e. The van der Waals surface area contributed by atoms with Gasteiger partial charge in [0.05, 0.1) is 0 Å². The molecule has 0 spiro atoms. The van der Waals surface area contributed by atoms with Crippen LogP contribution in [0.4, 0.5) is 11.4 Å². The van der Waals surface area contributed by atoms with Crippen molar-refractivity contribution in [1.82, 2.24) is 0 Å². The predicted octanol–water partition coefficient (Wildman–Crippen LogP) is 2.79. The first kappa shape index (κ1) is 17.2. The Hall–Kier alpha value is -2.66. The summed E-state index contributed by atoms with van der Waals surface area (Å²) in [5.74, 6) is -0.0922. The number of rotatable bonds is 6. The number of nitrogens with zero attached hydrogens (tertiary/aromatic N) is 1. The summed E-state index contributed by atoms with van der Waals surface area (Å²) >= 11 is 0. The van der Waals surface area contributed by atoms with Crippen LogP contribution in [0.15, 0.2) is 48.5 Å². The molecule has 2 aromatic carbocycles. The van der Waals surface area contributed by atoms with Gasteiger partial charge in [0.25, 0.3) is 5.91 Å². The third-order valence-electron chi connectivity index (χ3n) is 4.32. The number of amides is 2. The van der Waals surface area contributed by atoms with Crippen molar-refractivity contribution in [3.05, 3.63) is 59.7 Å². The highest BCUT2D eigenvalue weighted by molar-refractivity contribution is 5.98. The fourth-order valence-electron chi connectivity index (χ4n) is 3.04. The largest absolute Gasteiger partial charge is 0.375 e. The van der Waals surface area contributed by atoms with E-state index in [9.17, 15) is 9.59 Å². The molecule has 25 heavy (non-hydrogen) atoms. The van der Waals surface area contributed by atoms with Crippen LogP contribution in [0.5, 0.6) is 0 Å². The zero-order chi connectivity index (χ0) is 17.6. The molecule has 0 saturated heterocycles. The van der Waals surface area contributed by atoms with E-state index in [-0.39, 0.29) is 18.4 Å². The molecule has 1 aliphatic rings. The number of carbonyl (C=O) groups is 2. The van der Waals surface area contributed by atoms with Crippen LogP contribution in [0.1, 0.15) is 17.5 Å². The first-order valence-electron chi connectivity index (χ1n) is 8.43. The molecule has 0 bridgehead atoms. The van der Waals surface area contributed by atoms with E-state index in [0.29, 0.717) is 25.1 Å². The van der Waals surface area contributed by atoms with Crippen LogP contribution in [-0.2, 0) is 27.2 Å². The van der Waals surface area contributed by atoms with Gasteiger partial charge in [-0.05, 0) is 36.1 Å². The van der Waals surface area contributed by atoms with Gasteiger partial charge in [-0.15, -0.1) is 0 Å². The van der Waals surface area contributed by atoms with Crippen molar-refractivity contribution in [2.75, 3.05) is 30.5 Å². The fourth-order valence-corrected chi connectivity index (χ4v) is 3.04. The number of methoxy groups -OCH3 is 1. The number of anilines is 2. The van der Waals surface area contributed by atoms with Gasteiger partial charge in [0.1, 0.15) is 6.61 Å². The Labute approximate surface area is 147 Å². The average molecular weight is 338 g/mol. The predicted molar refractivity (Wildman–Crippen MR) is 97.8 cm³/mol. The molecule has 130 valence electrons. The second kappa shape index (κ2) is 7.94. The highest BCUT2D eigenvalue weighted by Gasteiger charge is 2.24. The fraction of sp³-hybridized carbons (Fsp3) is 0.300. The molecule has 2 amide bonds. The Morgan fingerprint density at radius 2 is 1.96 bits per heavy atom. The highest BCUT2D eigenvalue weighted by Crippen LogP contribution is 2.31. The molecule has 3 rings (SSSR count). The van der Waals surface area contributed by atoms with Crippen LogP contribution in [0.2, 0.25) is 0 Å². The SMILES string of the molecule is COCC(=O)N1CCc2ccc(NC(=O)CCc3ccccc3)cc21. The van der Waals surface area contributed by atoms with E-state index in [2.05, 4.69) is 5.32 Å². The van der Waals surface area contributed by atoms with Gasteiger partial charge in [-0.1, -0.05) is 36.4 Å². The lowest BCUT2D eigenvalue weighted by Crippen LogP contribution is -2.32. The maximum absolute atomic E-state index is 12.2. The van der Waals surface area contributed by atoms with E-state index in [4.69, 9.17) is 4.74 Å². The third-order valence-corrected chi connectivity index (χ3v) is 4.32. The number of aryl methyl sites for hydroxylation is 1. The summed E-state index contributed by atoms with van der Waals surface area (Å²) in [4.78, 5) is 26.0. The van der Waals surface area contributed by atoms with Crippen LogP contribution < -0.4 is 10.2 Å². The van der Waals surface area contributed by atoms with E-state index in [0.717, 1.165) is 23.2 Å². The maximum atomic E-state index is 12.2. The van der Waals surface area contributed by atoms with E-state index in [1.165, 1.54) is 7.11 Å². The topological polar surface area (TPSA) is 58.6 Å². The molecule has 0 saturated carbocycles. The lowest BCUT2D eigenvalue weighted by molar-refractivity contribution is -0.122. The molecular formula is C20H22N2O3. The quantitative estimate of drug-likeness (QED) is 0.881. The van der Waals surface area contributed by atoms with Crippen molar-refractivity contribution in [1.29, 1.82) is 0 Å². The Bertz CT molecular complexity index is 759. The van der Waals surface area contributed by atoms with Gasteiger partial charge in [-0.2, -0.15) is 0 Å². The molecule has 1 N–H and O–H groups in total. The normalized spacial score (nSPS) is 12.8. The van der Waals surface area contributed by atoms with Crippen LogP contribution in [0, 0.1) is 0 Å². The van der Waals surface area contributed by atoms with Gasteiger partial charge in [-0.25, -0.2) is 0 Å². The van der Waals surface area contributed by atoms with Crippen molar-refractivity contribution in [2.24, 2.45) is 0 Å². The number of fused-ring (bicyclic) bond motifs is 1. The van der Waals surface area contributed by atoms with Crippen molar-refractivity contribution in [3.63, 3.8) is 0 Å². The number of ether oxygens (including phenoxy) is 1. The molecule has 0 atom stereocenters. The summed E-state index contributed by atoms with van der Waals surface area (Å²) in [6, 6.07) is 15.7. The monoisotopic (exact) mass is 338 g/mol. The summed E-state index contributed by atoms with van der Waals surface area (Å²) in [6.07, 6.45) is 1.95. The van der Waals surface area contributed by atoms with Gasteiger partial charge < -0.3 is 15.0 Å². The van der Waals surface area contributed by atoms with Crippen molar-refractivity contribution >= 4 is 23.2 Å². The number of hydrogen-bond acceptors (Lipinski definition) is 3. The molecule has 5 heteroatoms. The molecule has 0 fully saturated rings. The molecule has 1 aliphatic heterocycles. The Balaban J connectivity index is 1.63. The second-order valence-corrected chi connectivity index (χ2v) is 6.11. The van der Waals surface area contributed by atoms with Gasteiger partial charge in [0.15, 0.2) is 0 Å². The molecule has 0 aliphatic carbocycles. The number of carbonyl (C=O) groups excluding carboxylic acids is 2. The first-order chi connectivity index (χ1) is 12.2. The average Bonchev–Trinajstić information content (AvgIpc) is 3.04. The molecule has 0 unspecified atom stereocenters. The summed E-state index contributed by atoms with van der Waals surface area (Å²) in [5.41, 5.74) is 3.84. The van der Waals surface area contributed by atoms with Gasteiger partial charge in [0.2, 0.25) is 5.91 Å². The van der Waals surface area contributed by atoms with E-state index in [1.807, 2.05) is 48.5 Å². The van der Waals surface area contributed by atoms with Crippen molar-refractivity contribution in [2.45, 2.75) is 19.3 Å². The maximum Gasteiger partial charge on any atom is 0.252 e. The summed E-state index contributed by atoms with van der Waals surface area (Å²) < 4.78 is 4.94. The number of hydrogen-bond donors (Lipinski definition) is 1.